The van der Waals surface area contributed by atoms with Gasteiger partial charge in [0.15, 0.2) is 0 Å². The number of rotatable bonds is 3. The second kappa shape index (κ2) is 8.10. The molecule has 1 aliphatic heterocycles. The van der Waals surface area contributed by atoms with Gasteiger partial charge in [-0.15, -0.1) is 0 Å². The number of fused-ring (bicyclic) bond motifs is 3. The number of halogens is 1. The van der Waals surface area contributed by atoms with Gasteiger partial charge in [-0.3, -0.25) is 4.79 Å². The third-order valence-corrected chi connectivity index (χ3v) is 5.74. The number of esters is 1. The lowest BCUT2D eigenvalue weighted by Gasteiger charge is -2.29. The molecule has 0 bridgehead atoms. The number of aromatic amines is 1. The predicted octanol–water partition coefficient (Wildman–Crippen LogP) is 5.25. The molecule has 166 valence electrons. The Kier molecular flexibility index (Phi) is 5.59. The van der Waals surface area contributed by atoms with Gasteiger partial charge in [0.25, 0.3) is 5.91 Å². The van der Waals surface area contributed by atoms with E-state index in [0.29, 0.717) is 28.5 Å². The molecule has 0 aliphatic carbocycles. The summed E-state index contributed by atoms with van der Waals surface area (Å²) in [7, 11) is 0. The molecule has 0 fully saturated rings. The summed E-state index contributed by atoms with van der Waals surface area (Å²) in [4.78, 5) is 35.8. The highest BCUT2D eigenvalue weighted by Gasteiger charge is 2.38. The number of carbonyl (C=O) groups excluding carboxylic acids is 2. The Morgan fingerprint density at radius 3 is 2.56 bits per heavy atom. The number of nitrogens with one attached hydrogen (secondary N) is 1. The monoisotopic (exact) mass is 451 g/mol. The molecule has 7 heteroatoms. The van der Waals surface area contributed by atoms with Gasteiger partial charge in [0.2, 0.25) is 0 Å². The van der Waals surface area contributed by atoms with Crippen molar-refractivity contribution < 1.29 is 14.3 Å². The SMILES string of the molecule is Cc1ccc(C(=O)N2C=C(C(=O)OC(C)C)c3[nH]c4ncc(Cl)cc4c3C(C)(C)C2)cc1. The Morgan fingerprint density at radius 2 is 1.91 bits per heavy atom. The molecule has 2 aromatic heterocycles. The van der Waals surface area contributed by atoms with Crippen LogP contribution in [0.1, 0.15) is 54.9 Å². The van der Waals surface area contributed by atoms with Crippen molar-refractivity contribution in [1.82, 2.24) is 14.9 Å². The van der Waals surface area contributed by atoms with Gasteiger partial charge in [-0.1, -0.05) is 43.1 Å². The number of H-pyrrole nitrogens is 1. The fourth-order valence-corrected chi connectivity index (χ4v) is 4.30. The highest BCUT2D eigenvalue weighted by Crippen LogP contribution is 2.40. The van der Waals surface area contributed by atoms with Crippen LogP contribution in [0.5, 0.6) is 0 Å². The van der Waals surface area contributed by atoms with Crippen molar-refractivity contribution in [3.8, 4) is 0 Å². The number of benzene rings is 1. The molecule has 3 aromatic rings. The lowest BCUT2D eigenvalue weighted by Crippen LogP contribution is -2.37. The molecule has 0 spiro atoms. The van der Waals surface area contributed by atoms with E-state index in [-0.39, 0.29) is 17.6 Å². The molecule has 6 nitrogen and oxygen atoms in total. The Hall–Kier alpha value is -3.12. The van der Waals surface area contributed by atoms with E-state index in [9.17, 15) is 9.59 Å². The lowest BCUT2D eigenvalue weighted by molar-refractivity contribution is -0.140. The van der Waals surface area contributed by atoms with Gasteiger partial charge < -0.3 is 14.6 Å². The minimum atomic E-state index is -0.503. The zero-order valence-electron chi connectivity index (χ0n) is 18.8. The maximum absolute atomic E-state index is 13.4. The zero-order valence-corrected chi connectivity index (χ0v) is 19.6. The first-order valence-electron chi connectivity index (χ1n) is 10.6. The molecule has 0 saturated heterocycles. The molecule has 0 unspecified atom stereocenters. The van der Waals surface area contributed by atoms with E-state index < -0.39 is 11.4 Å². The van der Waals surface area contributed by atoms with E-state index in [4.69, 9.17) is 16.3 Å². The topological polar surface area (TPSA) is 75.3 Å². The van der Waals surface area contributed by atoms with Crippen molar-refractivity contribution >= 4 is 40.1 Å². The normalized spacial score (nSPS) is 15.3. The van der Waals surface area contributed by atoms with Crippen LogP contribution in [0.15, 0.2) is 42.7 Å². The standard InChI is InChI=1S/C25H26ClN3O3/c1-14(2)32-24(31)19-12-29(23(30)16-8-6-15(3)7-9-16)13-25(4,5)20-18-10-17(26)11-27-22(18)28-21(19)20/h6-12,14H,13H2,1-5H3,(H,27,28). The number of aryl methyl sites for hydroxylation is 1. The average Bonchev–Trinajstić information content (AvgIpc) is 3.04. The Labute approximate surface area is 192 Å². The van der Waals surface area contributed by atoms with Gasteiger partial charge in [-0.25, -0.2) is 9.78 Å². The van der Waals surface area contributed by atoms with Crippen molar-refractivity contribution in [3.05, 3.63) is 70.1 Å². The van der Waals surface area contributed by atoms with Crippen LogP contribution in [0.3, 0.4) is 0 Å². The minimum Gasteiger partial charge on any atom is -0.459 e. The van der Waals surface area contributed by atoms with Crippen LogP contribution in [-0.2, 0) is 14.9 Å². The fraction of sp³-hybridized carbons (Fsp3) is 0.320. The summed E-state index contributed by atoms with van der Waals surface area (Å²) in [6.07, 6.45) is 2.86. The summed E-state index contributed by atoms with van der Waals surface area (Å²) >= 11 is 6.24. The molecular weight excluding hydrogens is 426 g/mol. The Balaban J connectivity index is 1.90. The van der Waals surface area contributed by atoms with Crippen molar-refractivity contribution in [1.29, 1.82) is 0 Å². The third kappa shape index (κ3) is 4.02. The van der Waals surface area contributed by atoms with Gasteiger partial charge in [0.05, 0.1) is 22.4 Å². The summed E-state index contributed by atoms with van der Waals surface area (Å²) in [6, 6.07) is 9.24. The van der Waals surface area contributed by atoms with Crippen molar-refractivity contribution in [2.45, 2.75) is 46.1 Å². The first-order chi connectivity index (χ1) is 15.1. The fourth-order valence-electron chi connectivity index (χ4n) is 4.15. The Bertz CT molecular complexity index is 1240. The van der Waals surface area contributed by atoms with E-state index in [2.05, 4.69) is 9.97 Å². The van der Waals surface area contributed by atoms with Crippen LogP contribution >= 0.6 is 11.6 Å². The maximum Gasteiger partial charge on any atom is 0.342 e. The lowest BCUT2D eigenvalue weighted by atomic mass is 9.82. The van der Waals surface area contributed by atoms with Crippen LogP contribution in [0.2, 0.25) is 5.02 Å². The van der Waals surface area contributed by atoms with E-state index in [1.807, 2.05) is 39.0 Å². The molecule has 1 amide bonds. The third-order valence-electron chi connectivity index (χ3n) is 5.54. The predicted molar refractivity (Wildman–Crippen MR) is 126 cm³/mol. The van der Waals surface area contributed by atoms with Crippen LogP contribution in [0, 0.1) is 6.92 Å². The second-order valence-electron chi connectivity index (χ2n) is 9.10. The molecule has 1 N–H and O–H groups in total. The number of hydrogen-bond donors (Lipinski definition) is 1. The summed E-state index contributed by atoms with van der Waals surface area (Å²) in [5.74, 6) is -0.683. The molecule has 3 heterocycles. The minimum absolute atomic E-state index is 0.182. The highest BCUT2D eigenvalue weighted by atomic mass is 35.5. The van der Waals surface area contributed by atoms with E-state index in [1.54, 1.807) is 43.3 Å². The quantitative estimate of drug-likeness (QED) is 0.552. The number of aromatic nitrogens is 2. The largest absolute Gasteiger partial charge is 0.459 e. The van der Waals surface area contributed by atoms with Crippen molar-refractivity contribution in [2.75, 3.05) is 6.54 Å². The first-order valence-corrected chi connectivity index (χ1v) is 10.9. The summed E-state index contributed by atoms with van der Waals surface area (Å²) in [6.45, 7) is 10.0. The zero-order chi connectivity index (χ0) is 23.2. The summed E-state index contributed by atoms with van der Waals surface area (Å²) in [5, 5.41) is 1.33. The smallest absolute Gasteiger partial charge is 0.342 e. The average molecular weight is 452 g/mol. The molecule has 4 rings (SSSR count). The van der Waals surface area contributed by atoms with Crippen LogP contribution in [0.25, 0.3) is 16.6 Å². The molecule has 0 atom stereocenters. The maximum atomic E-state index is 13.4. The van der Waals surface area contributed by atoms with Gasteiger partial charge >= 0.3 is 5.97 Å². The van der Waals surface area contributed by atoms with E-state index >= 15 is 0 Å². The van der Waals surface area contributed by atoms with E-state index in [1.165, 1.54) is 0 Å². The number of amides is 1. The van der Waals surface area contributed by atoms with E-state index in [0.717, 1.165) is 16.5 Å². The first kappa shape index (κ1) is 22.1. The molecule has 1 aliphatic rings. The van der Waals surface area contributed by atoms with Crippen LogP contribution < -0.4 is 0 Å². The number of carbonyl (C=O) groups is 2. The Morgan fingerprint density at radius 1 is 1.22 bits per heavy atom. The van der Waals surface area contributed by atoms with Gasteiger partial charge in [0.1, 0.15) is 5.65 Å². The second-order valence-corrected chi connectivity index (χ2v) is 9.54. The molecule has 0 radical (unpaired) electrons. The van der Waals surface area contributed by atoms with Gasteiger partial charge in [-0.05, 0) is 44.5 Å². The van der Waals surface area contributed by atoms with Crippen molar-refractivity contribution in [2.24, 2.45) is 0 Å². The highest BCUT2D eigenvalue weighted by molar-refractivity contribution is 6.31. The number of ether oxygens (including phenoxy) is 1. The molecule has 1 aromatic carbocycles. The van der Waals surface area contributed by atoms with Gasteiger partial charge in [0, 0.05) is 35.3 Å². The number of pyridine rings is 1. The summed E-state index contributed by atoms with van der Waals surface area (Å²) in [5.41, 5.74) is 3.53. The molecule has 32 heavy (non-hydrogen) atoms. The molecule has 0 saturated carbocycles. The van der Waals surface area contributed by atoms with Crippen molar-refractivity contribution in [3.63, 3.8) is 0 Å². The van der Waals surface area contributed by atoms with Crippen LogP contribution in [-0.4, -0.2) is 39.4 Å². The van der Waals surface area contributed by atoms with Gasteiger partial charge in [-0.2, -0.15) is 0 Å². The number of hydrogen-bond acceptors (Lipinski definition) is 4. The van der Waals surface area contributed by atoms with Crippen LogP contribution in [0.4, 0.5) is 0 Å². The number of nitrogens with zero attached hydrogens (tertiary/aromatic N) is 2. The molecular formula is C25H26ClN3O3. The summed E-state index contributed by atoms with van der Waals surface area (Å²) < 4.78 is 5.53.